The molecule has 16 nitrogen and oxygen atoms in total. The third kappa shape index (κ3) is 9.61. The van der Waals surface area contributed by atoms with E-state index in [-0.39, 0.29) is 12.8 Å². The molecular weight excluding hydrogens is 460 g/mol. The minimum Gasteiger partial charge on any atom is -0.481 e. The molecule has 0 aliphatic rings. The van der Waals surface area contributed by atoms with Crippen LogP contribution in [0.2, 0.25) is 0 Å². The molecule has 1 heterocycles. The maximum Gasteiger partial charge on any atom is 0.328 e. The third-order valence-corrected chi connectivity index (χ3v) is 4.43. The largest absolute Gasteiger partial charge is 0.481 e. The summed E-state index contributed by atoms with van der Waals surface area (Å²) >= 11 is 0. The number of aromatic amines is 1. The number of nitrogens with zero attached hydrogens (tertiary/aromatic N) is 1. The van der Waals surface area contributed by atoms with Crippen LogP contribution in [0.25, 0.3) is 0 Å². The van der Waals surface area contributed by atoms with Crippen LogP contribution in [0.15, 0.2) is 12.5 Å². The fraction of sp³-hybridized carbons (Fsp3) is 0.500. The Hall–Kier alpha value is -4.05. The van der Waals surface area contributed by atoms with Crippen molar-refractivity contribution >= 4 is 35.6 Å². The second-order valence-corrected chi connectivity index (χ2v) is 7.12. The van der Waals surface area contributed by atoms with Gasteiger partial charge in [-0.15, -0.1) is 0 Å². The molecule has 0 aromatic carbocycles. The van der Waals surface area contributed by atoms with Crippen LogP contribution in [0.1, 0.15) is 25.0 Å². The molecule has 3 amide bonds. The summed E-state index contributed by atoms with van der Waals surface area (Å²) < 4.78 is 0. The van der Waals surface area contributed by atoms with Crippen molar-refractivity contribution in [3.8, 4) is 0 Å². The monoisotopic (exact) mass is 486 g/mol. The first-order chi connectivity index (χ1) is 15.9. The number of aliphatic carboxylic acids is 3. The van der Waals surface area contributed by atoms with Gasteiger partial charge in [0.25, 0.3) is 0 Å². The van der Waals surface area contributed by atoms with E-state index in [4.69, 9.17) is 26.2 Å². The number of nitrogens with one attached hydrogen (secondary N) is 4. The summed E-state index contributed by atoms with van der Waals surface area (Å²) in [6.07, 6.45) is 0.784. The lowest BCUT2D eigenvalue weighted by Gasteiger charge is -2.24. The molecule has 0 bridgehead atoms. The maximum atomic E-state index is 12.7. The number of rotatable bonds is 15. The van der Waals surface area contributed by atoms with Crippen LogP contribution < -0.4 is 21.7 Å². The Morgan fingerprint density at radius 2 is 1.50 bits per heavy atom. The van der Waals surface area contributed by atoms with E-state index in [2.05, 4.69) is 20.6 Å². The molecular formula is C18H26N6O10. The van der Waals surface area contributed by atoms with Gasteiger partial charge in [0.15, 0.2) is 0 Å². The van der Waals surface area contributed by atoms with Gasteiger partial charge in [-0.1, -0.05) is 0 Å². The highest BCUT2D eigenvalue weighted by Gasteiger charge is 2.31. The van der Waals surface area contributed by atoms with Crippen LogP contribution in [-0.4, -0.2) is 96.8 Å². The highest BCUT2D eigenvalue weighted by atomic mass is 16.4. The number of amides is 3. The number of aromatic nitrogens is 2. The van der Waals surface area contributed by atoms with E-state index in [1.165, 1.54) is 12.5 Å². The number of aliphatic hydroxyl groups excluding tert-OH is 1. The van der Waals surface area contributed by atoms with E-state index in [9.17, 15) is 28.8 Å². The number of carbonyl (C=O) groups is 6. The van der Waals surface area contributed by atoms with Crippen molar-refractivity contribution in [2.45, 2.75) is 49.9 Å². The predicted octanol–water partition coefficient (Wildman–Crippen LogP) is -3.85. The normalized spacial score (nSPS) is 14.2. The summed E-state index contributed by atoms with van der Waals surface area (Å²) in [6.45, 7) is -0.933. The fourth-order valence-electron chi connectivity index (χ4n) is 2.63. The van der Waals surface area contributed by atoms with E-state index < -0.39 is 79.2 Å². The van der Waals surface area contributed by atoms with Crippen molar-refractivity contribution in [1.29, 1.82) is 0 Å². The first kappa shape index (κ1) is 28.0. The summed E-state index contributed by atoms with van der Waals surface area (Å²) in [6, 6.07) is -6.15. The van der Waals surface area contributed by atoms with Crippen molar-refractivity contribution in [3.63, 3.8) is 0 Å². The highest BCUT2D eigenvalue weighted by Crippen LogP contribution is 2.04. The minimum atomic E-state index is -1.69. The van der Waals surface area contributed by atoms with Gasteiger partial charge in [0, 0.05) is 24.7 Å². The molecule has 4 unspecified atom stereocenters. The lowest BCUT2D eigenvalue weighted by atomic mass is 10.1. The number of hydrogen-bond acceptors (Lipinski definition) is 9. The smallest absolute Gasteiger partial charge is 0.328 e. The van der Waals surface area contributed by atoms with Crippen LogP contribution in [0, 0.1) is 0 Å². The Morgan fingerprint density at radius 1 is 0.912 bits per heavy atom. The Kier molecular flexibility index (Phi) is 11.1. The summed E-state index contributed by atoms with van der Waals surface area (Å²) in [4.78, 5) is 76.9. The first-order valence-corrected chi connectivity index (χ1v) is 9.85. The summed E-state index contributed by atoms with van der Waals surface area (Å²) in [5, 5.41) is 42.3. The molecule has 0 saturated carbocycles. The van der Waals surface area contributed by atoms with E-state index in [1.807, 2.05) is 5.32 Å². The molecule has 0 aliphatic carbocycles. The van der Waals surface area contributed by atoms with Crippen LogP contribution >= 0.6 is 0 Å². The van der Waals surface area contributed by atoms with Gasteiger partial charge in [0.1, 0.15) is 18.1 Å². The van der Waals surface area contributed by atoms with Crippen LogP contribution in [0.4, 0.5) is 0 Å². The number of carboxylic acids is 3. The number of carboxylic acid groups (broad SMARTS) is 3. The second kappa shape index (κ2) is 13.5. The second-order valence-electron chi connectivity index (χ2n) is 7.12. The Bertz CT molecular complexity index is 890. The quantitative estimate of drug-likeness (QED) is 0.115. The molecule has 0 fully saturated rings. The van der Waals surface area contributed by atoms with Gasteiger partial charge in [-0.25, -0.2) is 9.78 Å². The van der Waals surface area contributed by atoms with Gasteiger partial charge < -0.3 is 47.1 Å². The molecule has 1 rings (SSSR count). The van der Waals surface area contributed by atoms with Crippen molar-refractivity contribution in [2.75, 3.05) is 6.61 Å². The third-order valence-electron chi connectivity index (χ3n) is 4.43. The Labute approximate surface area is 191 Å². The minimum absolute atomic E-state index is 0.221. The average Bonchev–Trinajstić information content (AvgIpc) is 3.26. The number of H-pyrrole nitrogens is 1. The van der Waals surface area contributed by atoms with Gasteiger partial charge >= 0.3 is 17.9 Å². The number of carbonyl (C=O) groups excluding carboxylic acids is 3. The standard InChI is InChI=1S/C18H26N6O10/c19-9(1-2-13(26)27)15(30)22-11(4-14(28)29)17(32)23-10(3-8-5-20-7-21-8)16(31)24-12(6-25)18(33)34/h5,7,9-12,25H,1-4,6,19H2,(H,20,21)(H,22,30)(H,23,32)(H,24,31)(H,26,27)(H,28,29)(H,33,34). The van der Waals surface area contributed by atoms with E-state index in [1.54, 1.807) is 0 Å². The predicted molar refractivity (Wildman–Crippen MR) is 110 cm³/mol. The van der Waals surface area contributed by atoms with Gasteiger partial charge in [0.2, 0.25) is 17.7 Å². The molecule has 188 valence electrons. The molecule has 0 radical (unpaired) electrons. The van der Waals surface area contributed by atoms with E-state index >= 15 is 0 Å². The number of hydrogen-bond donors (Lipinski definition) is 9. The molecule has 0 spiro atoms. The average molecular weight is 486 g/mol. The molecule has 0 saturated heterocycles. The summed E-state index contributed by atoms with van der Waals surface area (Å²) in [7, 11) is 0. The van der Waals surface area contributed by atoms with Crippen molar-refractivity contribution in [3.05, 3.63) is 18.2 Å². The van der Waals surface area contributed by atoms with Gasteiger partial charge in [0.05, 0.1) is 25.4 Å². The fourth-order valence-corrected chi connectivity index (χ4v) is 2.63. The highest BCUT2D eigenvalue weighted by molar-refractivity contribution is 5.95. The molecule has 10 N–H and O–H groups in total. The van der Waals surface area contributed by atoms with Crippen molar-refractivity contribution in [2.24, 2.45) is 5.73 Å². The van der Waals surface area contributed by atoms with E-state index in [0.717, 1.165) is 0 Å². The van der Waals surface area contributed by atoms with Gasteiger partial charge in [-0.05, 0) is 6.42 Å². The molecule has 34 heavy (non-hydrogen) atoms. The van der Waals surface area contributed by atoms with Crippen LogP contribution in [-0.2, 0) is 35.2 Å². The van der Waals surface area contributed by atoms with Crippen LogP contribution in [0.5, 0.6) is 0 Å². The lowest BCUT2D eigenvalue weighted by molar-refractivity contribution is -0.144. The molecule has 16 heteroatoms. The number of nitrogens with two attached hydrogens (primary N) is 1. The van der Waals surface area contributed by atoms with Gasteiger partial charge in [-0.2, -0.15) is 0 Å². The molecule has 4 atom stereocenters. The Balaban J connectivity index is 3.01. The first-order valence-electron chi connectivity index (χ1n) is 9.85. The Morgan fingerprint density at radius 3 is 2.00 bits per heavy atom. The zero-order valence-electron chi connectivity index (χ0n) is 17.8. The number of imidazole rings is 1. The molecule has 0 aliphatic heterocycles. The van der Waals surface area contributed by atoms with Crippen LogP contribution in [0.3, 0.4) is 0 Å². The van der Waals surface area contributed by atoms with Gasteiger partial charge in [-0.3, -0.25) is 24.0 Å². The van der Waals surface area contributed by atoms with Crippen molar-refractivity contribution in [1.82, 2.24) is 25.9 Å². The number of aliphatic hydroxyl groups is 1. The SMILES string of the molecule is NC(CCC(=O)O)C(=O)NC(CC(=O)O)C(=O)NC(Cc1cnc[nH]1)C(=O)NC(CO)C(=O)O. The maximum absolute atomic E-state index is 12.7. The van der Waals surface area contributed by atoms with Crippen molar-refractivity contribution < 1.29 is 49.2 Å². The zero-order chi connectivity index (χ0) is 25.8. The molecule has 1 aromatic rings. The lowest BCUT2D eigenvalue weighted by Crippen LogP contribution is -2.58. The molecule has 1 aromatic heterocycles. The topological polar surface area (TPSA) is 274 Å². The van der Waals surface area contributed by atoms with E-state index in [0.29, 0.717) is 5.69 Å². The summed E-state index contributed by atoms with van der Waals surface area (Å²) in [5.41, 5.74) is 5.93. The zero-order valence-corrected chi connectivity index (χ0v) is 17.8. The summed E-state index contributed by atoms with van der Waals surface area (Å²) in [5.74, 6) is -7.31.